The van der Waals surface area contributed by atoms with Crippen molar-refractivity contribution in [3.63, 3.8) is 0 Å². The minimum Gasteiger partial charge on any atom is -0.308 e. The normalized spacial score (nSPS) is 28.5. The van der Waals surface area contributed by atoms with E-state index in [1.54, 1.807) is 6.07 Å². The van der Waals surface area contributed by atoms with E-state index in [-0.39, 0.29) is 10.8 Å². The molecule has 2 fully saturated rings. The molecule has 1 N–H and O–H groups in total. The van der Waals surface area contributed by atoms with E-state index in [0.717, 1.165) is 37.8 Å². The van der Waals surface area contributed by atoms with E-state index in [1.165, 1.54) is 0 Å². The van der Waals surface area contributed by atoms with E-state index in [4.69, 9.17) is 0 Å². The van der Waals surface area contributed by atoms with Crippen LogP contribution in [-0.2, 0) is 15.4 Å². The zero-order valence-corrected chi connectivity index (χ0v) is 11.5. The third-order valence-corrected chi connectivity index (χ3v) is 6.44. The first kappa shape index (κ1) is 12.2. The van der Waals surface area contributed by atoms with E-state index in [0.29, 0.717) is 4.90 Å². The molecule has 0 radical (unpaired) electrons. The Labute approximate surface area is 109 Å². The third kappa shape index (κ3) is 1.88. The molecule has 0 spiro atoms. The van der Waals surface area contributed by atoms with Crippen LogP contribution in [0.2, 0.25) is 0 Å². The largest absolute Gasteiger partial charge is 0.308 e. The number of rotatable bonds is 3. The number of hydrogen-bond donors (Lipinski definition) is 1. The Morgan fingerprint density at radius 3 is 2.61 bits per heavy atom. The summed E-state index contributed by atoms with van der Waals surface area (Å²) < 4.78 is 25.0. The summed E-state index contributed by atoms with van der Waals surface area (Å²) in [6.07, 6.45) is 3.75. The predicted molar refractivity (Wildman–Crippen MR) is 71.2 cm³/mol. The minimum absolute atomic E-state index is 0.136. The highest BCUT2D eigenvalue weighted by Gasteiger charge is 2.41. The Morgan fingerprint density at radius 2 is 2.00 bits per heavy atom. The fraction of sp³-hybridized carbons (Fsp3) is 0.571. The van der Waals surface area contributed by atoms with Crippen molar-refractivity contribution < 1.29 is 8.42 Å². The smallest absolute Gasteiger partial charge is 0.181 e. The van der Waals surface area contributed by atoms with Crippen molar-refractivity contribution in [1.82, 2.24) is 5.32 Å². The van der Waals surface area contributed by atoms with Gasteiger partial charge in [0.15, 0.2) is 9.84 Å². The lowest BCUT2D eigenvalue weighted by Crippen LogP contribution is -2.34. The van der Waals surface area contributed by atoms with Crippen molar-refractivity contribution in [2.24, 2.45) is 0 Å². The van der Waals surface area contributed by atoms with Gasteiger partial charge >= 0.3 is 0 Å². The summed E-state index contributed by atoms with van der Waals surface area (Å²) in [6, 6.07) is 7.51. The Bertz CT molecular complexity index is 555. The molecule has 98 valence electrons. The topological polar surface area (TPSA) is 46.2 Å². The van der Waals surface area contributed by atoms with Crippen LogP contribution in [0, 0.1) is 0 Å². The van der Waals surface area contributed by atoms with Crippen molar-refractivity contribution in [3.05, 3.63) is 29.8 Å². The summed E-state index contributed by atoms with van der Waals surface area (Å²) in [5, 5.41) is 3.32. The zero-order chi connectivity index (χ0) is 12.8. The van der Waals surface area contributed by atoms with Crippen molar-refractivity contribution in [2.75, 3.05) is 6.54 Å². The lowest BCUT2D eigenvalue weighted by molar-refractivity contribution is 0.425. The van der Waals surface area contributed by atoms with Gasteiger partial charge in [0.25, 0.3) is 0 Å². The first-order valence-electron chi connectivity index (χ1n) is 6.62. The van der Waals surface area contributed by atoms with Crippen LogP contribution >= 0.6 is 0 Å². The molecule has 1 aromatic rings. The maximum Gasteiger partial charge on any atom is 0.181 e. The quantitative estimate of drug-likeness (QED) is 0.911. The molecular weight excluding hydrogens is 246 g/mol. The molecule has 2 aliphatic rings. The van der Waals surface area contributed by atoms with E-state index >= 15 is 0 Å². The number of sulfone groups is 1. The van der Waals surface area contributed by atoms with Gasteiger partial charge in [-0.2, -0.15) is 0 Å². The van der Waals surface area contributed by atoms with E-state index in [1.807, 2.05) is 18.2 Å². The molecule has 3 rings (SSSR count). The predicted octanol–water partition coefficient (Wildman–Crippen LogP) is 2.22. The molecule has 1 saturated heterocycles. The molecule has 0 bridgehead atoms. The molecular formula is C14H19NO2S. The minimum atomic E-state index is -3.11. The highest BCUT2D eigenvalue weighted by Crippen LogP contribution is 2.39. The summed E-state index contributed by atoms with van der Waals surface area (Å²) in [6.45, 7) is 3.08. The second kappa shape index (κ2) is 4.07. The van der Waals surface area contributed by atoms with Crippen LogP contribution in [0.15, 0.2) is 29.2 Å². The number of hydrogen-bond acceptors (Lipinski definition) is 3. The van der Waals surface area contributed by atoms with Crippen molar-refractivity contribution >= 4 is 9.84 Å². The molecule has 1 aliphatic heterocycles. The maximum absolute atomic E-state index is 12.5. The second-order valence-corrected chi connectivity index (χ2v) is 7.80. The number of benzene rings is 1. The van der Waals surface area contributed by atoms with Crippen LogP contribution in [0.25, 0.3) is 0 Å². The van der Waals surface area contributed by atoms with Crippen LogP contribution in [0.4, 0.5) is 0 Å². The molecule has 1 atom stereocenters. The van der Waals surface area contributed by atoms with Gasteiger partial charge in [-0.05, 0) is 50.8 Å². The molecule has 4 heteroatoms. The van der Waals surface area contributed by atoms with Crippen molar-refractivity contribution in [1.29, 1.82) is 0 Å². The molecule has 0 amide bonds. The molecule has 1 unspecified atom stereocenters. The van der Waals surface area contributed by atoms with E-state index in [9.17, 15) is 8.42 Å². The van der Waals surface area contributed by atoms with Crippen molar-refractivity contribution in [2.45, 2.75) is 48.3 Å². The summed E-state index contributed by atoms with van der Waals surface area (Å²) in [4.78, 5) is 0.546. The summed E-state index contributed by atoms with van der Waals surface area (Å²) in [5.74, 6) is 0. The van der Waals surface area contributed by atoms with E-state index < -0.39 is 9.84 Å². The van der Waals surface area contributed by atoms with Gasteiger partial charge < -0.3 is 5.32 Å². The molecule has 3 nitrogen and oxygen atoms in total. The average molecular weight is 265 g/mol. The van der Waals surface area contributed by atoms with Gasteiger partial charge in [-0.25, -0.2) is 8.42 Å². The van der Waals surface area contributed by atoms with Gasteiger partial charge in [-0.15, -0.1) is 0 Å². The van der Waals surface area contributed by atoms with Gasteiger partial charge in [-0.1, -0.05) is 18.2 Å². The summed E-state index contributed by atoms with van der Waals surface area (Å²) in [5.41, 5.74) is 0.771. The molecule has 0 aromatic heterocycles. The molecule has 1 aliphatic carbocycles. The summed E-state index contributed by atoms with van der Waals surface area (Å²) in [7, 11) is -3.11. The van der Waals surface area contributed by atoms with Gasteiger partial charge in [0.2, 0.25) is 0 Å². The Hall–Kier alpha value is -0.870. The molecule has 1 heterocycles. The molecule has 18 heavy (non-hydrogen) atoms. The van der Waals surface area contributed by atoms with Gasteiger partial charge in [0, 0.05) is 5.54 Å². The lowest BCUT2D eigenvalue weighted by Gasteiger charge is -2.27. The second-order valence-electron chi connectivity index (χ2n) is 5.60. The van der Waals surface area contributed by atoms with Crippen LogP contribution < -0.4 is 5.32 Å². The lowest BCUT2D eigenvalue weighted by atomic mass is 9.90. The number of nitrogens with one attached hydrogen (secondary N) is 1. The highest BCUT2D eigenvalue weighted by atomic mass is 32.2. The Kier molecular flexibility index (Phi) is 2.75. The third-order valence-electron chi connectivity index (χ3n) is 4.12. The highest BCUT2D eigenvalue weighted by molar-refractivity contribution is 7.92. The Morgan fingerprint density at radius 1 is 1.28 bits per heavy atom. The fourth-order valence-corrected chi connectivity index (χ4v) is 4.84. The van der Waals surface area contributed by atoms with Gasteiger partial charge in [-0.3, -0.25) is 0 Å². The fourth-order valence-electron chi connectivity index (χ4n) is 2.85. The zero-order valence-electron chi connectivity index (χ0n) is 10.6. The summed E-state index contributed by atoms with van der Waals surface area (Å²) >= 11 is 0. The molecule has 1 saturated carbocycles. The van der Waals surface area contributed by atoms with Crippen LogP contribution in [-0.4, -0.2) is 20.2 Å². The van der Waals surface area contributed by atoms with Gasteiger partial charge in [0.1, 0.15) is 0 Å². The van der Waals surface area contributed by atoms with Crippen LogP contribution in [0.3, 0.4) is 0 Å². The van der Waals surface area contributed by atoms with Crippen LogP contribution in [0.5, 0.6) is 0 Å². The Balaban J connectivity index is 2.10. The first-order valence-corrected chi connectivity index (χ1v) is 8.17. The first-order chi connectivity index (χ1) is 8.54. The SMILES string of the molecule is CC1(c2ccccc2S(=O)(=O)C2CC2)CCCN1. The standard InChI is InChI=1S/C14H19NO2S/c1-14(9-4-10-15-14)12-5-2-3-6-13(12)18(16,17)11-7-8-11/h2-3,5-6,11,15H,4,7-10H2,1H3. The maximum atomic E-state index is 12.5. The van der Waals surface area contributed by atoms with Gasteiger partial charge in [0.05, 0.1) is 10.1 Å². The van der Waals surface area contributed by atoms with E-state index in [2.05, 4.69) is 12.2 Å². The monoisotopic (exact) mass is 265 g/mol. The van der Waals surface area contributed by atoms with Crippen molar-refractivity contribution in [3.8, 4) is 0 Å². The average Bonchev–Trinajstić information content (AvgIpc) is 3.13. The molecule has 1 aromatic carbocycles. The van der Waals surface area contributed by atoms with Crippen LogP contribution in [0.1, 0.15) is 38.2 Å².